The third-order valence-corrected chi connectivity index (χ3v) is 15.3. The lowest BCUT2D eigenvalue weighted by Crippen LogP contribution is -2.62. The zero-order valence-corrected chi connectivity index (χ0v) is 54.6. The summed E-state index contributed by atoms with van der Waals surface area (Å²) < 4.78 is 0. The summed E-state index contributed by atoms with van der Waals surface area (Å²) in [4.78, 5) is 177. The molecule has 0 saturated carbocycles. The van der Waals surface area contributed by atoms with Crippen molar-refractivity contribution >= 4 is 77.0 Å². The molecule has 0 spiro atoms. The van der Waals surface area contributed by atoms with Gasteiger partial charge in [0.1, 0.15) is 60.4 Å². The first-order valence-corrected chi connectivity index (χ1v) is 31.7. The molecular weight excluding hydrogens is 1230 g/mol. The van der Waals surface area contributed by atoms with Gasteiger partial charge in [-0.2, -0.15) is 0 Å². The Balaban J connectivity index is 1.88. The molecule has 1 aliphatic rings. The number of aliphatic hydroxyl groups is 2. The number of aliphatic imine (C=N–C) groups is 1. The van der Waals surface area contributed by atoms with Crippen molar-refractivity contribution < 1.29 is 78.0 Å². The number of nitrogens with two attached hydrogens (primary N) is 4. The van der Waals surface area contributed by atoms with Gasteiger partial charge in [0.15, 0.2) is 5.96 Å². The van der Waals surface area contributed by atoms with Crippen LogP contribution < -0.4 is 70.8 Å². The highest BCUT2D eigenvalue weighted by Crippen LogP contribution is 2.22. The summed E-state index contributed by atoms with van der Waals surface area (Å²) in [7, 11) is 0. The Hall–Kier alpha value is -8.82. The number of hydrogen-bond acceptors (Lipinski definition) is 18. The molecule has 524 valence electrons. The summed E-state index contributed by atoms with van der Waals surface area (Å²) in [5.74, 6) is -13.0. The number of likely N-dealkylation sites (tertiary alicyclic amines) is 1. The van der Waals surface area contributed by atoms with Crippen LogP contribution in [0.3, 0.4) is 0 Å². The van der Waals surface area contributed by atoms with Gasteiger partial charge in [0.25, 0.3) is 0 Å². The fourth-order valence-corrected chi connectivity index (χ4v) is 10.2. The second-order valence-corrected chi connectivity index (χ2v) is 24.6. The lowest BCUT2D eigenvalue weighted by molar-refractivity contribution is -0.143. The van der Waals surface area contributed by atoms with Gasteiger partial charge in [0.05, 0.1) is 25.1 Å². The Morgan fingerprint density at radius 3 is 1.72 bits per heavy atom. The monoisotopic (exact) mass is 1330 g/mol. The quantitative estimate of drug-likeness (QED) is 0.0172. The lowest BCUT2D eigenvalue weighted by Gasteiger charge is -2.32. The number of carbonyl (C=O) groups excluding carboxylic acids is 10. The van der Waals surface area contributed by atoms with Crippen LogP contribution in [-0.2, 0) is 70.4 Å². The van der Waals surface area contributed by atoms with Crippen molar-refractivity contribution in [3.8, 4) is 0 Å². The molecule has 2 aromatic rings. The van der Waals surface area contributed by atoms with Crippen LogP contribution in [0.25, 0.3) is 0 Å². The standard InChI is InChI=1S/C61H99N17O16/c1-32(2)25-41(52(85)75-45(30-79)55(88)70-40(60(93)94)18-11-12-22-62)71-53(86)42(27-36-15-9-8-10-16-36)72-57(90)48(34(5)6)76-51(84)39(20-21-47(81)82)69-56(89)46-19-14-24-78(46)59(92)44(26-33(3)4)74-54(87)43(28-37-29-66-31-68-37)73-58(91)49(35(7)80)77-50(83)38(63)17-13-23-67-61(64)65/h8-10,15-16,29,31-35,38-46,48-49,79-80H,11-14,17-28,30,62-63H2,1-7H3,(H,66,68)(H,69,89)(H,70,88)(H,71,86)(H,72,90)(H,73,91)(H,74,87)(H,75,85)(H,76,84)(H,77,83)(H,81,82)(H,93,94)(H4,64,65,67). The minimum absolute atomic E-state index is 0.00881. The Bertz CT molecular complexity index is 2860. The molecule has 0 aliphatic carbocycles. The average Bonchev–Trinajstić information content (AvgIpc) is 1.56. The summed E-state index contributed by atoms with van der Waals surface area (Å²) in [5.41, 5.74) is 23.2. The van der Waals surface area contributed by atoms with Crippen LogP contribution in [-0.4, -0.2) is 211 Å². The highest BCUT2D eigenvalue weighted by atomic mass is 16.4. The molecule has 12 unspecified atom stereocenters. The summed E-state index contributed by atoms with van der Waals surface area (Å²) in [6.07, 6.45) is 1.42. The first-order valence-electron chi connectivity index (χ1n) is 31.7. The molecule has 1 aliphatic heterocycles. The molecule has 33 nitrogen and oxygen atoms in total. The number of carboxylic acid groups (broad SMARTS) is 2. The molecule has 2 heterocycles. The van der Waals surface area contributed by atoms with Crippen molar-refractivity contribution in [2.75, 3.05) is 26.2 Å². The van der Waals surface area contributed by atoms with Gasteiger partial charge in [-0.25, -0.2) is 9.78 Å². The minimum Gasteiger partial charge on any atom is -0.481 e. The van der Waals surface area contributed by atoms with Crippen LogP contribution in [0.15, 0.2) is 47.8 Å². The largest absolute Gasteiger partial charge is 0.481 e. The van der Waals surface area contributed by atoms with Gasteiger partial charge < -0.3 is 101 Å². The molecule has 12 atom stereocenters. The fraction of sp³-hybridized carbons (Fsp3) is 0.639. The number of nitrogens with zero attached hydrogens (tertiary/aromatic N) is 3. The molecule has 22 N–H and O–H groups in total. The molecule has 0 bridgehead atoms. The predicted molar refractivity (Wildman–Crippen MR) is 342 cm³/mol. The number of amides is 10. The van der Waals surface area contributed by atoms with Gasteiger partial charge >= 0.3 is 11.9 Å². The Morgan fingerprint density at radius 2 is 1.17 bits per heavy atom. The number of rotatable bonds is 42. The van der Waals surface area contributed by atoms with Crippen molar-refractivity contribution in [3.63, 3.8) is 0 Å². The summed E-state index contributed by atoms with van der Waals surface area (Å²) in [6.45, 7) is 11.0. The van der Waals surface area contributed by atoms with E-state index in [1.807, 2.05) is 0 Å². The molecule has 1 aromatic heterocycles. The van der Waals surface area contributed by atoms with Gasteiger partial charge in [0.2, 0.25) is 59.1 Å². The number of guanidine groups is 1. The molecule has 33 heteroatoms. The Morgan fingerprint density at radius 1 is 0.628 bits per heavy atom. The summed E-state index contributed by atoms with van der Waals surface area (Å²) >= 11 is 0. The summed E-state index contributed by atoms with van der Waals surface area (Å²) in [5, 5.41) is 63.2. The number of aliphatic carboxylic acids is 2. The number of carbonyl (C=O) groups is 12. The van der Waals surface area contributed by atoms with Crippen LogP contribution in [0.5, 0.6) is 0 Å². The van der Waals surface area contributed by atoms with Gasteiger partial charge in [-0.15, -0.1) is 0 Å². The van der Waals surface area contributed by atoms with Crippen LogP contribution >= 0.6 is 0 Å². The zero-order chi connectivity index (χ0) is 70.4. The Kier molecular flexibility index (Phi) is 34.1. The van der Waals surface area contributed by atoms with Crippen molar-refractivity contribution in [1.29, 1.82) is 0 Å². The van der Waals surface area contributed by atoms with Gasteiger partial charge in [-0.05, 0) is 101 Å². The van der Waals surface area contributed by atoms with Crippen LogP contribution in [0, 0.1) is 17.8 Å². The van der Waals surface area contributed by atoms with Crippen molar-refractivity contribution in [2.24, 2.45) is 45.7 Å². The SMILES string of the molecule is CC(C)CC(NC(=O)C(Cc1ccccc1)NC(=O)C(NC(=O)C(CCC(=O)O)NC(=O)C1CCCN1C(=O)C(CC(C)C)NC(=O)C(Cc1cnc[nH]1)NC(=O)C(NC(=O)C(N)CCCN=C(N)N)C(C)O)C(C)C)C(=O)NC(CO)C(=O)NC(CCCCN)C(=O)O. The normalized spacial score (nSPS) is 16.4. The molecule has 3 rings (SSSR count). The number of hydrogen-bond donors (Lipinski definition) is 18. The van der Waals surface area contributed by atoms with E-state index in [9.17, 15) is 78.0 Å². The number of imidazole rings is 1. The van der Waals surface area contributed by atoms with Crippen molar-refractivity contribution in [2.45, 2.75) is 205 Å². The first kappa shape index (κ1) is 79.4. The number of benzene rings is 1. The van der Waals surface area contributed by atoms with E-state index in [0.717, 1.165) is 0 Å². The number of H-pyrrole nitrogens is 1. The fourth-order valence-electron chi connectivity index (χ4n) is 10.2. The van der Waals surface area contributed by atoms with Crippen molar-refractivity contribution in [3.05, 3.63) is 54.1 Å². The minimum atomic E-state index is -1.63. The molecule has 1 aromatic carbocycles. The maximum atomic E-state index is 14.7. The molecule has 94 heavy (non-hydrogen) atoms. The van der Waals surface area contributed by atoms with E-state index in [4.69, 9.17) is 22.9 Å². The molecule has 10 amide bonds. The van der Waals surface area contributed by atoms with Gasteiger partial charge in [-0.1, -0.05) is 71.9 Å². The van der Waals surface area contributed by atoms with Crippen LogP contribution in [0.4, 0.5) is 0 Å². The number of aromatic nitrogens is 2. The van der Waals surface area contributed by atoms with E-state index in [0.29, 0.717) is 37.1 Å². The number of carboxylic acids is 2. The first-order chi connectivity index (χ1) is 44.4. The highest BCUT2D eigenvalue weighted by Gasteiger charge is 2.42. The topological polar surface area (TPSA) is 542 Å². The van der Waals surface area contributed by atoms with E-state index in [1.165, 1.54) is 24.3 Å². The third kappa shape index (κ3) is 27.4. The van der Waals surface area contributed by atoms with Crippen LogP contribution in [0.1, 0.15) is 130 Å². The number of nitrogens with one attached hydrogen (secondary N) is 10. The van der Waals surface area contributed by atoms with E-state index in [1.54, 1.807) is 71.9 Å². The van der Waals surface area contributed by atoms with Crippen LogP contribution in [0.2, 0.25) is 0 Å². The second kappa shape index (κ2) is 40.3. The lowest BCUT2D eigenvalue weighted by atomic mass is 9.99. The average molecular weight is 1330 g/mol. The molecule has 0 radical (unpaired) electrons. The predicted octanol–water partition coefficient (Wildman–Crippen LogP) is -3.87. The van der Waals surface area contributed by atoms with E-state index < -0.39 is 169 Å². The maximum Gasteiger partial charge on any atom is 0.326 e. The molecule has 1 fully saturated rings. The van der Waals surface area contributed by atoms with Gasteiger partial charge in [-0.3, -0.25) is 57.7 Å². The Labute approximate surface area is 546 Å². The number of aromatic amines is 1. The second-order valence-electron chi connectivity index (χ2n) is 24.6. The van der Waals surface area contributed by atoms with E-state index in [2.05, 4.69) is 62.8 Å². The number of aliphatic hydroxyl groups excluding tert-OH is 2. The third-order valence-electron chi connectivity index (χ3n) is 15.3. The number of unbranched alkanes of at least 4 members (excludes halogenated alkanes) is 1. The maximum absolute atomic E-state index is 14.7. The van der Waals surface area contributed by atoms with E-state index >= 15 is 0 Å². The summed E-state index contributed by atoms with van der Waals surface area (Å²) in [6, 6.07) is -7.18. The van der Waals surface area contributed by atoms with Gasteiger partial charge in [0, 0.05) is 44.2 Å². The smallest absolute Gasteiger partial charge is 0.326 e. The van der Waals surface area contributed by atoms with E-state index in [-0.39, 0.29) is 82.3 Å². The molecule has 1 saturated heterocycles. The van der Waals surface area contributed by atoms with Crippen molar-refractivity contribution in [1.82, 2.24) is 62.7 Å². The molecular formula is C61H99N17O16. The highest BCUT2D eigenvalue weighted by molar-refractivity contribution is 5.99. The zero-order valence-electron chi connectivity index (χ0n) is 54.6.